The Kier molecular flexibility index (Phi) is 4.23. The summed E-state index contributed by atoms with van der Waals surface area (Å²) in [5.74, 6) is -6.62. The van der Waals surface area contributed by atoms with Gasteiger partial charge in [-0.2, -0.15) is 0 Å². The quantitative estimate of drug-likeness (QED) is 0.466. The molecule has 1 spiro atoms. The van der Waals surface area contributed by atoms with Crippen molar-refractivity contribution in [3.05, 3.63) is 12.2 Å². The van der Waals surface area contributed by atoms with Gasteiger partial charge in [0.25, 0.3) is 0 Å². The highest BCUT2D eigenvalue weighted by molar-refractivity contribution is 5.86. The minimum atomic E-state index is -1.46. The van der Waals surface area contributed by atoms with E-state index in [1.807, 2.05) is 0 Å². The maximum absolute atomic E-state index is 12.8. The van der Waals surface area contributed by atoms with Crippen molar-refractivity contribution >= 4 is 23.9 Å². The number of aliphatic carboxylic acids is 3. The van der Waals surface area contributed by atoms with Gasteiger partial charge in [-0.3, -0.25) is 19.2 Å². The van der Waals surface area contributed by atoms with Crippen LogP contribution in [0, 0.1) is 34.0 Å². The molecule has 4 aliphatic carbocycles. The molecule has 4 fully saturated rings. The highest BCUT2D eigenvalue weighted by Gasteiger charge is 2.81. The number of rotatable bonds is 4. The summed E-state index contributed by atoms with van der Waals surface area (Å²) in [5.41, 5.74) is -4.26. The number of carbonyl (C=O) groups is 4. The predicted octanol–water partition coefficient (Wildman–Crippen LogP) is 2.71. The summed E-state index contributed by atoms with van der Waals surface area (Å²) < 4.78 is 5.66. The van der Waals surface area contributed by atoms with Crippen LogP contribution in [0.25, 0.3) is 0 Å². The Morgan fingerprint density at radius 1 is 1.07 bits per heavy atom. The van der Waals surface area contributed by atoms with Crippen molar-refractivity contribution in [2.24, 2.45) is 34.0 Å². The molecular formula is C22H28O8. The highest BCUT2D eigenvalue weighted by atomic mass is 16.6. The zero-order valence-corrected chi connectivity index (χ0v) is 17.3. The SMILES string of the molecule is C=C1CC23CC1(OC(C)=O)CCC2C1(C(=O)O)CCCC(C)(C(=O)O)C1C3C(=O)O. The van der Waals surface area contributed by atoms with Gasteiger partial charge in [-0.1, -0.05) is 13.0 Å². The monoisotopic (exact) mass is 420 g/mol. The Bertz CT molecular complexity index is 878. The molecule has 8 heteroatoms. The van der Waals surface area contributed by atoms with E-state index in [0.717, 1.165) is 0 Å². The summed E-state index contributed by atoms with van der Waals surface area (Å²) in [5, 5.41) is 30.9. The van der Waals surface area contributed by atoms with E-state index in [-0.39, 0.29) is 25.7 Å². The second-order valence-electron chi connectivity index (χ2n) is 10.1. The lowest BCUT2D eigenvalue weighted by atomic mass is 9.52. The Morgan fingerprint density at radius 3 is 2.27 bits per heavy atom. The fourth-order valence-electron chi connectivity index (χ4n) is 8.13. The first-order valence-electron chi connectivity index (χ1n) is 10.4. The summed E-state index contributed by atoms with van der Waals surface area (Å²) in [7, 11) is 0. The fourth-order valence-corrected chi connectivity index (χ4v) is 8.13. The molecule has 3 N–H and O–H groups in total. The van der Waals surface area contributed by atoms with Crippen LogP contribution >= 0.6 is 0 Å². The molecule has 7 unspecified atom stereocenters. The lowest BCUT2D eigenvalue weighted by Gasteiger charge is -2.49. The topological polar surface area (TPSA) is 138 Å². The molecule has 0 radical (unpaired) electrons. The molecule has 0 amide bonds. The van der Waals surface area contributed by atoms with Crippen molar-refractivity contribution in [2.45, 2.75) is 64.4 Å². The van der Waals surface area contributed by atoms with E-state index >= 15 is 0 Å². The van der Waals surface area contributed by atoms with Crippen molar-refractivity contribution in [3.63, 3.8) is 0 Å². The third-order valence-corrected chi connectivity index (χ3v) is 8.93. The number of carbonyl (C=O) groups excluding carboxylic acids is 1. The molecule has 0 aliphatic heterocycles. The van der Waals surface area contributed by atoms with Crippen LogP contribution in [0.15, 0.2) is 12.2 Å². The van der Waals surface area contributed by atoms with E-state index in [2.05, 4.69) is 6.58 Å². The van der Waals surface area contributed by atoms with Crippen LogP contribution < -0.4 is 0 Å². The van der Waals surface area contributed by atoms with Crippen LogP contribution in [0.1, 0.15) is 58.8 Å². The van der Waals surface area contributed by atoms with Gasteiger partial charge in [-0.15, -0.1) is 0 Å². The number of hydrogen-bond acceptors (Lipinski definition) is 5. The first kappa shape index (κ1) is 20.9. The molecule has 0 saturated heterocycles. The Morgan fingerprint density at radius 2 is 1.73 bits per heavy atom. The zero-order chi connectivity index (χ0) is 22.3. The molecule has 2 bridgehead atoms. The van der Waals surface area contributed by atoms with Crippen LogP contribution in [-0.2, 0) is 23.9 Å². The average molecular weight is 420 g/mol. The van der Waals surface area contributed by atoms with Gasteiger partial charge < -0.3 is 20.1 Å². The van der Waals surface area contributed by atoms with Gasteiger partial charge in [0, 0.05) is 12.8 Å². The third-order valence-electron chi connectivity index (χ3n) is 8.93. The molecule has 4 rings (SSSR count). The molecule has 0 aromatic heterocycles. The first-order chi connectivity index (χ1) is 13.9. The van der Waals surface area contributed by atoms with E-state index in [4.69, 9.17) is 4.74 Å². The molecule has 0 aromatic rings. The van der Waals surface area contributed by atoms with Crippen molar-refractivity contribution in [1.82, 2.24) is 0 Å². The Balaban J connectivity index is 1.97. The van der Waals surface area contributed by atoms with E-state index < -0.39 is 63.5 Å². The van der Waals surface area contributed by atoms with Crippen LogP contribution in [0.3, 0.4) is 0 Å². The number of carboxylic acids is 3. The van der Waals surface area contributed by atoms with Gasteiger partial charge >= 0.3 is 23.9 Å². The van der Waals surface area contributed by atoms with E-state index in [9.17, 15) is 34.5 Å². The third kappa shape index (κ3) is 2.22. The second kappa shape index (κ2) is 6.08. The van der Waals surface area contributed by atoms with Crippen LogP contribution in [0.5, 0.6) is 0 Å². The predicted molar refractivity (Wildman–Crippen MR) is 102 cm³/mol. The maximum atomic E-state index is 12.8. The van der Waals surface area contributed by atoms with Gasteiger partial charge in [0.05, 0.1) is 16.7 Å². The maximum Gasteiger partial charge on any atom is 0.310 e. The lowest BCUT2D eigenvalue weighted by molar-refractivity contribution is -0.178. The molecule has 4 saturated carbocycles. The largest absolute Gasteiger partial charge is 0.481 e. The van der Waals surface area contributed by atoms with Gasteiger partial charge in [0.15, 0.2) is 0 Å². The Labute approximate surface area is 174 Å². The summed E-state index contributed by atoms with van der Waals surface area (Å²) in [6.07, 6.45) is 2.11. The van der Waals surface area contributed by atoms with Crippen LogP contribution in [-0.4, -0.2) is 44.8 Å². The second-order valence-corrected chi connectivity index (χ2v) is 10.1. The smallest absolute Gasteiger partial charge is 0.310 e. The molecule has 7 atom stereocenters. The lowest BCUT2D eigenvalue weighted by Crippen LogP contribution is -2.55. The van der Waals surface area contributed by atoms with Crippen molar-refractivity contribution in [1.29, 1.82) is 0 Å². The molecule has 164 valence electrons. The van der Waals surface area contributed by atoms with Gasteiger partial charge in [-0.25, -0.2) is 0 Å². The molecule has 4 aliphatic rings. The van der Waals surface area contributed by atoms with E-state index in [0.29, 0.717) is 24.8 Å². The normalized spacial score (nSPS) is 46.6. The van der Waals surface area contributed by atoms with Gasteiger partial charge in [0.1, 0.15) is 5.60 Å². The average Bonchev–Trinajstić information content (AvgIpc) is 3.00. The summed E-state index contributed by atoms with van der Waals surface area (Å²) in [4.78, 5) is 49.7. The summed E-state index contributed by atoms with van der Waals surface area (Å²) >= 11 is 0. The van der Waals surface area contributed by atoms with E-state index in [1.165, 1.54) is 13.8 Å². The minimum Gasteiger partial charge on any atom is -0.481 e. The van der Waals surface area contributed by atoms with Crippen LogP contribution in [0.4, 0.5) is 0 Å². The number of esters is 1. The minimum absolute atomic E-state index is 0.196. The standard InChI is InChI=1S/C22H28O8/c1-11-9-20-10-21(11,30-12(2)23)8-5-13(20)22(18(28)29)7-4-6-19(3,17(26)27)15(22)14(20)16(24)25/h13-15H,1,4-10H2,2-3H3,(H,24,25)(H,26,27)(H,28,29). The zero-order valence-electron chi connectivity index (χ0n) is 17.3. The molecule has 8 nitrogen and oxygen atoms in total. The highest BCUT2D eigenvalue weighted by Crippen LogP contribution is 2.78. The molecule has 0 heterocycles. The van der Waals surface area contributed by atoms with Crippen molar-refractivity contribution in [2.75, 3.05) is 0 Å². The van der Waals surface area contributed by atoms with Gasteiger partial charge in [0.2, 0.25) is 0 Å². The number of ether oxygens (including phenoxy) is 1. The molecular weight excluding hydrogens is 392 g/mol. The summed E-state index contributed by atoms with van der Waals surface area (Å²) in [6, 6.07) is 0. The Hall–Kier alpha value is -2.38. The van der Waals surface area contributed by atoms with Crippen LogP contribution in [0.2, 0.25) is 0 Å². The van der Waals surface area contributed by atoms with Gasteiger partial charge in [-0.05, 0) is 62.4 Å². The molecule has 0 aromatic carbocycles. The van der Waals surface area contributed by atoms with Crippen molar-refractivity contribution < 1.29 is 39.2 Å². The van der Waals surface area contributed by atoms with E-state index in [1.54, 1.807) is 0 Å². The number of carboxylic acid groups (broad SMARTS) is 3. The summed E-state index contributed by atoms with van der Waals surface area (Å²) in [6.45, 7) is 6.89. The number of fused-ring (bicyclic) bond motifs is 3. The first-order valence-corrected chi connectivity index (χ1v) is 10.4. The molecule has 30 heavy (non-hydrogen) atoms. The fraction of sp³-hybridized carbons (Fsp3) is 0.727. The van der Waals surface area contributed by atoms with Crippen molar-refractivity contribution in [3.8, 4) is 0 Å². The number of hydrogen-bond donors (Lipinski definition) is 3.